The van der Waals surface area contributed by atoms with Gasteiger partial charge in [-0.25, -0.2) is 9.78 Å². The zero-order chi connectivity index (χ0) is 19.2. The van der Waals surface area contributed by atoms with Crippen molar-refractivity contribution in [1.82, 2.24) is 9.88 Å². The maximum absolute atomic E-state index is 12.4. The summed E-state index contributed by atoms with van der Waals surface area (Å²) in [7, 11) is 0. The van der Waals surface area contributed by atoms with Crippen LogP contribution in [0.25, 0.3) is 0 Å². The van der Waals surface area contributed by atoms with Crippen LogP contribution in [-0.4, -0.2) is 54.4 Å². The molecule has 6 heteroatoms. The van der Waals surface area contributed by atoms with E-state index in [0.717, 1.165) is 44.6 Å². The van der Waals surface area contributed by atoms with Crippen molar-refractivity contribution in [2.24, 2.45) is 0 Å². The average Bonchev–Trinajstić information content (AvgIpc) is 2.68. The first kappa shape index (κ1) is 19.0. The molecule has 6 nitrogen and oxygen atoms in total. The molecule has 2 aromatic rings. The van der Waals surface area contributed by atoms with E-state index in [2.05, 4.69) is 14.8 Å². The second-order valence-electron chi connectivity index (χ2n) is 6.95. The first-order valence-electron chi connectivity index (χ1n) is 9.24. The SMILES string of the molecule is CC(C)OC(=O)c1cccnc1N1CCN(Cc2cccc(C=O)c2)CC1. The Bertz CT molecular complexity index is 799. The molecule has 0 spiro atoms. The molecule has 1 aliphatic heterocycles. The van der Waals surface area contributed by atoms with Gasteiger partial charge in [-0.3, -0.25) is 9.69 Å². The van der Waals surface area contributed by atoms with E-state index < -0.39 is 0 Å². The van der Waals surface area contributed by atoms with Gasteiger partial charge in [-0.1, -0.05) is 18.2 Å². The minimum Gasteiger partial charge on any atom is -0.459 e. The normalized spacial score (nSPS) is 15.0. The summed E-state index contributed by atoms with van der Waals surface area (Å²) in [4.78, 5) is 32.2. The largest absolute Gasteiger partial charge is 0.459 e. The lowest BCUT2D eigenvalue weighted by Gasteiger charge is -2.36. The van der Waals surface area contributed by atoms with Gasteiger partial charge in [0.2, 0.25) is 0 Å². The minimum absolute atomic E-state index is 0.162. The number of rotatable bonds is 6. The highest BCUT2D eigenvalue weighted by atomic mass is 16.5. The van der Waals surface area contributed by atoms with E-state index in [9.17, 15) is 9.59 Å². The number of hydrogen-bond donors (Lipinski definition) is 0. The number of carbonyl (C=O) groups excluding carboxylic acids is 2. The molecule has 3 rings (SSSR count). The minimum atomic E-state index is -0.332. The number of aromatic nitrogens is 1. The second kappa shape index (κ2) is 8.77. The Labute approximate surface area is 159 Å². The van der Waals surface area contributed by atoms with Crippen LogP contribution in [-0.2, 0) is 11.3 Å². The molecule has 1 fully saturated rings. The number of ether oxygens (including phenoxy) is 1. The standard InChI is InChI=1S/C21H25N3O3/c1-16(2)27-21(26)19-7-4-8-22-20(19)24-11-9-23(10-12-24)14-17-5-3-6-18(13-17)15-25/h3-8,13,15-16H,9-12,14H2,1-2H3. The average molecular weight is 367 g/mol. The number of hydrogen-bond acceptors (Lipinski definition) is 6. The topological polar surface area (TPSA) is 62.7 Å². The van der Waals surface area contributed by atoms with Gasteiger partial charge in [0.25, 0.3) is 0 Å². The van der Waals surface area contributed by atoms with E-state index in [1.165, 1.54) is 0 Å². The predicted octanol–water partition coefficient (Wildman–Crippen LogP) is 2.78. The summed E-state index contributed by atoms with van der Waals surface area (Å²) in [5, 5.41) is 0. The third kappa shape index (κ3) is 4.92. The highest BCUT2D eigenvalue weighted by Gasteiger charge is 2.23. The summed E-state index contributed by atoms with van der Waals surface area (Å²) in [6.07, 6.45) is 2.42. The summed E-state index contributed by atoms with van der Waals surface area (Å²) in [6, 6.07) is 11.2. The van der Waals surface area contributed by atoms with Gasteiger partial charge in [-0.05, 0) is 37.6 Å². The number of anilines is 1. The number of esters is 1. The maximum Gasteiger partial charge on any atom is 0.342 e. The Morgan fingerprint density at radius 2 is 1.96 bits per heavy atom. The Kier molecular flexibility index (Phi) is 6.19. The van der Waals surface area contributed by atoms with E-state index in [1.807, 2.05) is 38.1 Å². The molecule has 1 saturated heterocycles. The van der Waals surface area contributed by atoms with Crippen molar-refractivity contribution in [2.75, 3.05) is 31.1 Å². The molecule has 27 heavy (non-hydrogen) atoms. The summed E-state index contributed by atoms with van der Waals surface area (Å²) >= 11 is 0. The number of pyridine rings is 1. The van der Waals surface area contributed by atoms with Gasteiger partial charge < -0.3 is 9.64 Å². The van der Waals surface area contributed by atoms with Gasteiger partial charge >= 0.3 is 5.97 Å². The highest BCUT2D eigenvalue weighted by molar-refractivity contribution is 5.94. The van der Waals surface area contributed by atoms with Crippen LogP contribution in [0.5, 0.6) is 0 Å². The van der Waals surface area contributed by atoms with Gasteiger partial charge in [-0.15, -0.1) is 0 Å². The first-order chi connectivity index (χ1) is 13.1. The number of piperazine rings is 1. The Hall–Kier alpha value is -2.73. The van der Waals surface area contributed by atoms with Crippen molar-refractivity contribution in [2.45, 2.75) is 26.5 Å². The maximum atomic E-state index is 12.4. The van der Waals surface area contributed by atoms with Crippen molar-refractivity contribution in [3.63, 3.8) is 0 Å². The molecular weight excluding hydrogens is 342 g/mol. The van der Waals surface area contributed by atoms with Gasteiger partial charge in [-0.2, -0.15) is 0 Å². The van der Waals surface area contributed by atoms with Crippen LogP contribution < -0.4 is 4.90 Å². The summed E-state index contributed by atoms with van der Waals surface area (Å²) < 4.78 is 5.35. The monoisotopic (exact) mass is 367 g/mol. The zero-order valence-corrected chi connectivity index (χ0v) is 15.8. The Balaban J connectivity index is 1.64. The molecule has 2 heterocycles. The van der Waals surface area contributed by atoms with Crippen molar-refractivity contribution < 1.29 is 14.3 Å². The second-order valence-corrected chi connectivity index (χ2v) is 6.95. The molecule has 0 unspecified atom stereocenters. The Morgan fingerprint density at radius 1 is 1.19 bits per heavy atom. The summed E-state index contributed by atoms with van der Waals surface area (Å²) in [6.45, 7) is 7.78. The Morgan fingerprint density at radius 3 is 2.67 bits per heavy atom. The molecule has 0 aliphatic carbocycles. The molecule has 0 bridgehead atoms. The third-order valence-corrected chi connectivity index (χ3v) is 4.51. The molecule has 0 amide bonds. The number of benzene rings is 1. The van der Waals surface area contributed by atoms with Crippen molar-refractivity contribution in [3.8, 4) is 0 Å². The summed E-state index contributed by atoms with van der Waals surface area (Å²) in [5.41, 5.74) is 2.35. The van der Waals surface area contributed by atoms with Crippen LogP contribution >= 0.6 is 0 Å². The van der Waals surface area contributed by atoms with Gasteiger partial charge in [0, 0.05) is 44.5 Å². The summed E-state index contributed by atoms with van der Waals surface area (Å²) in [5.74, 6) is 0.354. The number of nitrogens with zero attached hydrogens (tertiary/aromatic N) is 3. The molecule has 0 N–H and O–H groups in total. The van der Waals surface area contributed by atoms with Gasteiger partial charge in [0.15, 0.2) is 0 Å². The van der Waals surface area contributed by atoms with E-state index in [0.29, 0.717) is 16.9 Å². The fourth-order valence-electron chi connectivity index (χ4n) is 3.23. The van der Waals surface area contributed by atoms with Crippen LogP contribution in [0.3, 0.4) is 0 Å². The van der Waals surface area contributed by atoms with E-state index >= 15 is 0 Å². The van der Waals surface area contributed by atoms with Crippen LogP contribution in [0.4, 0.5) is 5.82 Å². The van der Waals surface area contributed by atoms with Crippen LogP contribution in [0, 0.1) is 0 Å². The van der Waals surface area contributed by atoms with Crippen molar-refractivity contribution in [1.29, 1.82) is 0 Å². The highest BCUT2D eigenvalue weighted by Crippen LogP contribution is 2.21. The molecule has 1 aromatic heterocycles. The lowest BCUT2D eigenvalue weighted by molar-refractivity contribution is 0.0378. The van der Waals surface area contributed by atoms with Crippen LogP contribution in [0.15, 0.2) is 42.6 Å². The molecule has 0 atom stereocenters. The molecule has 142 valence electrons. The fraction of sp³-hybridized carbons (Fsp3) is 0.381. The lowest BCUT2D eigenvalue weighted by Crippen LogP contribution is -2.46. The van der Waals surface area contributed by atoms with Crippen LogP contribution in [0.1, 0.15) is 40.1 Å². The smallest absolute Gasteiger partial charge is 0.342 e. The molecule has 0 radical (unpaired) electrons. The van der Waals surface area contributed by atoms with Gasteiger partial charge in [0.05, 0.1) is 6.10 Å². The fourth-order valence-corrected chi connectivity index (χ4v) is 3.23. The van der Waals surface area contributed by atoms with Crippen LogP contribution in [0.2, 0.25) is 0 Å². The molecule has 1 aliphatic rings. The van der Waals surface area contributed by atoms with E-state index in [4.69, 9.17) is 4.74 Å². The number of aldehydes is 1. The third-order valence-electron chi connectivity index (χ3n) is 4.51. The predicted molar refractivity (Wildman–Crippen MR) is 104 cm³/mol. The first-order valence-corrected chi connectivity index (χ1v) is 9.24. The van der Waals surface area contributed by atoms with Crippen molar-refractivity contribution >= 4 is 18.1 Å². The molecule has 0 saturated carbocycles. The van der Waals surface area contributed by atoms with Crippen molar-refractivity contribution in [3.05, 3.63) is 59.3 Å². The quantitative estimate of drug-likeness (QED) is 0.578. The number of carbonyl (C=O) groups is 2. The molecular formula is C21H25N3O3. The zero-order valence-electron chi connectivity index (χ0n) is 15.8. The lowest BCUT2D eigenvalue weighted by atomic mass is 10.1. The molecule has 1 aromatic carbocycles. The van der Waals surface area contributed by atoms with E-state index in [-0.39, 0.29) is 12.1 Å². The van der Waals surface area contributed by atoms with Gasteiger partial charge in [0.1, 0.15) is 17.7 Å². The van der Waals surface area contributed by atoms with E-state index in [1.54, 1.807) is 18.3 Å².